The molecule has 0 N–H and O–H groups in total. The summed E-state index contributed by atoms with van der Waals surface area (Å²) in [5, 5.41) is 8.71. The molecule has 0 aromatic carbocycles. The summed E-state index contributed by atoms with van der Waals surface area (Å²) in [6.07, 6.45) is 10.0. The molecule has 0 fully saturated rings. The number of hydrogen-bond acceptors (Lipinski definition) is 5. The fraction of sp³-hybridized carbons (Fsp3) is 0.250. The van der Waals surface area contributed by atoms with Crippen LogP contribution in [0.1, 0.15) is 18.5 Å². The van der Waals surface area contributed by atoms with Crippen LogP contribution < -0.4 is 0 Å². The highest BCUT2D eigenvalue weighted by atomic mass is 35.5. The molecule has 106 valence electrons. The van der Waals surface area contributed by atoms with Crippen molar-refractivity contribution in [2.24, 2.45) is 0 Å². The van der Waals surface area contributed by atoms with Crippen molar-refractivity contribution in [2.45, 2.75) is 18.5 Å². The fourth-order valence-electron chi connectivity index (χ4n) is 2.54. The van der Waals surface area contributed by atoms with Crippen LogP contribution in [0, 0.1) is 0 Å². The molecule has 0 amide bonds. The van der Waals surface area contributed by atoms with Gasteiger partial charge in [-0.1, -0.05) is 23.8 Å². The zero-order valence-electron chi connectivity index (χ0n) is 10.6. The first-order chi connectivity index (χ1) is 10.2. The van der Waals surface area contributed by atoms with Gasteiger partial charge in [0.15, 0.2) is 10.8 Å². The number of hydrogen-bond donors (Lipinski definition) is 0. The summed E-state index contributed by atoms with van der Waals surface area (Å²) in [4.78, 5) is 14.1. The van der Waals surface area contributed by atoms with E-state index < -0.39 is 0 Å². The molecule has 1 aliphatic rings. The van der Waals surface area contributed by atoms with Crippen molar-refractivity contribution in [3.05, 3.63) is 41.3 Å². The summed E-state index contributed by atoms with van der Waals surface area (Å²) in [6.45, 7) is 0. The number of rotatable bonds is 2. The van der Waals surface area contributed by atoms with Crippen LogP contribution in [0.3, 0.4) is 0 Å². The number of halogens is 2. The zero-order chi connectivity index (χ0) is 14.4. The maximum Gasteiger partial charge on any atom is 0.225 e. The molecular formula is C12H9Cl2N7. The van der Waals surface area contributed by atoms with Gasteiger partial charge in [-0.25, -0.2) is 9.97 Å². The van der Waals surface area contributed by atoms with Crippen LogP contribution in [0.5, 0.6) is 0 Å². The minimum Gasteiger partial charge on any atom is -0.308 e. The van der Waals surface area contributed by atoms with Crippen molar-refractivity contribution in [3.8, 4) is 0 Å². The van der Waals surface area contributed by atoms with E-state index in [-0.39, 0.29) is 22.5 Å². The standard InChI is InChI=1S/C12H9Cl2N7/c13-10-9-11(19-12(14)18-10)20(6-15-9)7-1-2-8(5-7)21-16-3-4-17-21/h1-4,6-8H,5H2/t7-,8+/m0/s1. The molecule has 9 heteroatoms. The number of allylic oxidation sites excluding steroid dienone is 2. The number of aromatic nitrogens is 7. The number of fused-ring (bicyclic) bond motifs is 1. The summed E-state index contributed by atoms with van der Waals surface area (Å²) in [6, 6.07) is 0.225. The molecule has 7 nitrogen and oxygen atoms in total. The van der Waals surface area contributed by atoms with Gasteiger partial charge in [0.1, 0.15) is 5.52 Å². The van der Waals surface area contributed by atoms with Gasteiger partial charge in [0.05, 0.1) is 30.8 Å². The molecule has 4 rings (SSSR count). The predicted molar refractivity (Wildman–Crippen MR) is 77.2 cm³/mol. The molecule has 2 atom stereocenters. The van der Waals surface area contributed by atoms with E-state index in [4.69, 9.17) is 23.2 Å². The molecule has 3 heterocycles. The molecule has 0 saturated carbocycles. The first-order valence-electron chi connectivity index (χ1n) is 6.32. The van der Waals surface area contributed by atoms with Crippen LogP contribution in [0.25, 0.3) is 11.2 Å². The summed E-state index contributed by atoms with van der Waals surface area (Å²) < 4.78 is 1.94. The van der Waals surface area contributed by atoms with Crippen LogP contribution in [0.4, 0.5) is 0 Å². The largest absolute Gasteiger partial charge is 0.308 e. The Hall–Kier alpha value is -1.99. The molecule has 0 bridgehead atoms. The van der Waals surface area contributed by atoms with Gasteiger partial charge in [-0.3, -0.25) is 0 Å². The van der Waals surface area contributed by atoms with E-state index in [2.05, 4.69) is 37.3 Å². The average Bonchev–Trinajstić information content (AvgIpc) is 3.18. The molecule has 1 aliphatic carbocycles. The van der Waals surface area contributed by atoms with E-state index in [1.165, 1.54) is 0 Å². The second-order valence-corrected chi connectivity index (χ2v) is 5.41. The third-order valence-corrected chi connectivity index (χ3v) is 3.91. The third-order valence-electron chi connectivity index (χ3n) is 3.48. The SMILES string of the molecule is Clc1nc(Cl)c2ncn([C@H]3C=C[C@@H](n4nccn4)C3)c2n1. The van der Waals surface area contributed by atoms with E-state index in [0.717, 1.165) is 6.42 Å². The molecule has 0 radical (unpaired) electrons. The topological polar surface area (TPSA) is 74.3 Å². The van der Waals surface area contributed by atoms with E-state index in [1.54, 1.807) is 23.5 Å². The van der Waals surface area contributed by atoms with E-state index in [1.807, 2.05) is 4.57 Å². The predicted octanol–water partition coefficient (Wildman–Crippen LogP) is 2.47. The Balaban J connectivity index is 1.71. The van der Waals surface area contributed by atoms with E-state index in [9.17, 15) is 0 Å². The van der Waals surface area contributed by atoms with Crippen LogP contribution in [0.15, 0.2) is 30.9 Å². The van der Waals surface area contributed by atoms with E-state index in [0.29, 0.717) is 11.2 Å². The molecule has 3 aromatic heterocycles. The van der Waals surface area contributed by atoms with Crippen molar-refractivity contribution in [1.29, 1.82) is 0 Å². The van der Waals surface area contributed by atoms with Crippen molar-refractivity contribution in [3.63, 3.8) is 0 Å². The molecule has 0 spiro atoms. The van der Waals surface area contributed by atoms with Crippen LogP contribution in [-0.2, 0) is 0 Å². The first kappa shape index (κ1) is 12.7. The minimum absolute atomic E-state index is 0.105. The minimum atomic E-state index is 0.105. The smallest absolute Gasteiger partial charge is 0.225 e. The van der Waals surface area contributed by atoms with Crippen molar-refractivity contribution in [2.75, 3.05) is 0 Å². The van der Waals surface area contributed by atoms with Crippen molar-refractivity contribution >= 4 is 34.4 Å². The van der Waals surface area contributed by atoms with Crippen LogP contribution in [-0.4, -0.2) is 34.5 Å². The third kappa shape index (κ3) is 2.09. The maximum atomic E-state index is 6.04. The Bertz CT molecular complexity index is 824. The highest BCUT2D eigenvalue weighted by molar-refractivity contribution is 6.35. The normalized spacial score (nSPS) is 21.4. The second kappa shape index (κ2) is 4.78. The van der Waals surface area contributed by atoms with Crippen molar-refractivity contribution < 1.29 is 0 Å². The lowest BCUT2D eigenvalue weighted by atomic mass is 10.2. The van der Waals surface area contributed by atoms with Gasteiger partial charge < -0.3 is 4.57 Å². The monoisotopic (exact) mass is 321 g/mol. The fourth-order valence-corrected chi connectivity index (χ4v) is 2.96. The Morgan fingerprint density at radius 3 is 2.62 bits per heavy atom. The quantitative estimate of drug-likeness (QED) is 0.412. The first-order valence-corrected chi connectivity index (χ1v) is 7.07. The van der Waals surface area contributed by atoms with Gasteiger partial charge in [-0.2, -0.15) is 20.0 Å². The lowest BCUT2D eigenvalue weighted by Gasteiger charge is -2.13. The van der Waals surface area contributed by atoms with Gasteiger partial charge in [0.2, 0.25) is 5.28 Å². The molecule has 21 heavy (non-hydrogen) atoms. The van der Waals surface area contributed by atoms with Crippen LogP contribution in [0.2, 0.25) is 10.4 Å². The van der Waals surface area contributed by atoms with Gasteiger partial charge in [-0.05, 0) is 18.0 Å². The zero-order valence-corrected chi connectivity index (χ0v) is 12.1. The van der Waals surface area contributed by atoms with Crippen LogP contribution >= 0.6 is 23.2 Å². The Morgan fingerprint density at radius 1 is 1.05 bits per heavy atom. The van der Waals surface area contributed by atoms with Gasteiger partial charge in [-0.15, -0.1) is 0 Å². The highest BCUT2D eigenvalue weighted by Gasteiger charge is 2.25. The summed E-state index contributed by atoms with van der Waals surface area (Å²) >= 11 is 11.9. The lowest BCUT2D eigenvalue weighted by molar-refractivity contribution is 0.424. The van der Waals surface area contributed by atoms with Gasteiger partial charge in [0.25, 0.3) is 0 Å². The molecular weight excluding hydrogens is 313 g/mol. The summed E-state index contributed by atoms with van der Waals surface area (Å²) in [5.41, 5.74) is 1.18. The molecule has 0 aliphatic heterocycles. The van der Waals surface area contributed by atoms with Gasteiger partial charge in [0, 0.05) is 0 Å². The maximum absolute atomic E-state index is 6.04. The average molecular weight is 322 g/mol. The molecule has 0 saturated heterocycles. The van der Waals surface area contributed by atoms with Crippen molar-refractivity contribution in [1.82, 2.24) is 34.5 Å². The number of nitrogens with zero attached hydrogens (tertiary/aromatic N) is 7. The second-order valence-electron chi connectivity index (χ2n) is 4.71. The van der Waals surface area contributed by atoms with Gasteiger partial charge >= 0.3 is 0 Å². The summed E-state index contributed by atoms with van der Waals surface area (Å²) in [7, 11) is 0. The highest BCUT2D eigenvalue weighted by Crippen LogP contribution is 2.33. The molecule has 0 unspecified atom stereocenters. The number of imidazole rings is 1. The molecule has 3 aromatic rings. The summed E-state index contributed by atoms with van der Waals surface area (Å²) in [5.74, 6) is 0. The Labute approximate surface area is 129 Å². The Morgan fingerprint density at radius 2 is 1.81 bits per heavy atom. The Kier molecular flexibility index (Phi) is 2.90. The van der Waals surface area contributed by atoms with E-state index >= 15 is 0 Å². The lowest BCUT2D eigenvalue weighted by Crippen LogP contribution is -2.11.